The Morgan fingerprint density at radius 1 is 1.32 bits per heavy atom. The topological polar surface area (TPSA) is 98.6 Å². The van der Waals surface area contributed by atoms with Crippen LogP contribution in [0.15, 0.2) is 39.4 Å². The molecule has 2 atom stereocenters. The summed E-state index contributed by atoms with van der Waals surface area (Å²) in [5, 5.41) is 1.07. The molecular formula is C16H17ClN6OS. The number of nitrogens with two attached hydrogens (primary N) is 1. The van der Waals surface area contributed by atoms with Crippen LogP contribution in [-0.4, -0.2) is 45.9 Å². The van der Waals surface area contributed by atoms with Gasteiger partial charge in [0, 0.05) is 17.8 Å². The van der Waals surface area contributed by atoms with Gasteiger partial charge in [-0.3, -0.25) is 4.99 Å². The average molecular weight is 377 g/mol. The molecule has 0 radical (unpaired) electrons. The largest absolute Gasteiger partial charge is 0.481 e. The van der Waals surface area contributed by atoms with Crippen molar-refractivity contribution in [2.24, 2.45) is 15.7 Å². The van der Waals surface area contributed by atoms with E-state index in [2.05, 4.69) is 24.9 Å². The number of aryl methyl sites for hydroxylation is 1. The van der Waals surface area contributed by atoms with Crippen molar-refractivity contribution in [3.63, 3.8) is 0 Å². The van der Waals surface area contributed by atoms with Crippen LogP contribution in [0.3, 0.4) is 0 Å². The third-order valence-corrected chi connectivity index (χ3v) is 4.66. The van der Waals surface area contributed by atoms with E-state index in [9.17, 15) is 0 Å². The van der Waals surface area contributed by atoms with Crippen LogP contribution >= 0.6 is 23.4 Å². The van der Waals surface area contributed by atoms with Crippen LogP contribution in [0.2, 0.25) is 0 Å². The molecule has 0 aromatic carbocycles. The lowest BCUT2D eigenvalue weighted by molar-refractivity contribution is 0.392. The van der Waals surface area contributed by atoms with E-state index in [4.69, 9.17) is 22.1 Å². The van der Waals surface area contributed by atoms with E-state index in [0.717, 1.165) is 10.6 Å². The molecule has 3 heterocycles. The van der Waals surface area contributed by atoms with Crippen molar-refractivity contribution in [1.82, 2.24) is 15.0 Å². The van der Waals surface area contributed by atoms with Crippen molar-refractivity contribution in [2.75, 3.05) is 13.4 Å². The molecule has 0 amide bonds. The fraction of sp³-hybridized carbons (Fsp3) is 0.312. The van der Waals surface area contributed by atoms with Crippen LogP contribution in [-0.2, 0) is 5.54 Å². The van der Waals surface area contributed by atoms with Gasteiger partial charge >= 0.3 is 0 Å². The second kappa shape index (κ2) is 7.07. The SMILES string of the molecule is COc1ccc(C2(c3cc(SC)nc(C)n3)N=C(Cl)C=NC2N)cn1. The Bertz CT molecular complexity index is 841. The van der Waals surface area contributed by atoms with E-state index in [0.29, 0.717) is 17.4 Å². The van der Waals surface area contributed by atoms with Gasteiger partial charge in [-0.25, -0.2) is 19.9 Å². The van der Waals surface area contributed by atoms with Crippen molar-refractivity contribution in [2.45, 2.75) is 23.7 Å². The Morgan fingerprint density at radius 3 is 2.76 bits per heavy atom. The van der Waals surface area contributed by atoms with Gasteiger partial charge in [0.1, 0.15) is 17.2 Å². The molecule has 3 rings (SSSR count). The Hall–Kier alpha value is -2.03. The summed E-state index contributed by atoms with van der Waals surface area (Å²) in [4.78, 5) is 22.2. The maximum Gasteiger partial charge on any atom is 0.212 e. The maximum atomic E-state index is 6.36. The minimum Gasteiger partial charge on any atom is -0.481 e. The predicted octanol–water partition coefficient (Wildman–Crippen LogP) is 2.16. The molecule has 1 aliphatic heterocycles. The molecule has 9 heteroatoms. The number of nitrogens with zero attached hydrogens (tertiary/aromatic N) is 5. The van der Waals surface area contributed by atoms with Crippen LogP contribution in [0.25, 0.3) is 0 Å². The van der Waals surface area contributed by atoms with Gasteiger partial charge in [0.2, 0.25) is 5.88 Å². The first-order valence-corrected chi connectivity index (χ1v) is 9.04. The number of thioether (sulfide) groups is 1. The van der Waals surface area contributed by atoms with Crippen molar-refractivity contribution in [3.05, 3.63) is 41.5 Å². The van der Waals surface area contributed by atoms with Crippen molar-refractivity contribution in [1.29, 1.82) is 0 Å². The summed E-state index contributed by atoms with van der Waals surface area (Å²) in [6.45, 7) is 1.83. The number of aliphatic imine (C=N–C) groups is 2. The zero-order chi connectivity index (χ0) is 18.0. The summed E-state index contributed by atoms with van der Waals surface area (Å²) >= 11 is 7.71. The van der Waals surface area contributed by atoms with Gasteiger partial charge in [-0.15, -0.1) is 11.8 Å². The maximum absolute atomic E-state index is 6.36. The van der Waals surface area contributed by atoms with E-state index in [1.165, 1.54) is 18.0 Å². The highest BCUT2D eigenvalue weighted by molar-refractivity contribution is 7.98. The van der Waals surface area contributed by atoms with Crippen LogP contribution < -0.4 is 10.5 Å². The normalized spacial score (nSPS) is 22.6. The molecule has 2 unspecified atom stereocenters. The molecular weight excluding hydrogens is 360 g/mol. The number of ether oxygens (including phenoxy) is 1. The molecule has 130 valence electrons. The average Bonchev–Trinajstić information content (AvgIpc) is 2.63. The summed E-state index contributed by atoms with van der Waals surface area (Å²) in [5.74, 6) is 1.11. The molecule has 2 aromatic rings. The Morgan fingerprint density at radius 2 is 2.12 bits per heavy atom. The van der Waals surface area contributed by atoms with Gasteiger partial charge < -0.3 is 10.5 Å². The van der Waals surface area contributed by atoms with Crippen molar-refractivity contribution >= 4 is 34.7 Å². The molecule has 1 aliphatic rings. The highest BCUT2D eigenvalue weighted by atomic mass is 35.5. The molecule has 2 N–H and O–H groups in total. The summed E-state index contributed by atoms with van der Waals surface area (Å²) < 4.78 is 5.14. The zero-order valence-electron chi connectivity index (χ0n) is 14.0. The fourth-order valence-corrected chi connectivity index (χ4v) is 3.31. The summed E-state index contributed by atoms with van der Waals surface area (Å²) in [7, 11) is 1.56. The number of aromatic nitrogens is 3. The number of pyridine rings is 1. The molecule has 0 bridgehead atoms. The van der Waals surface area contributed by atoms with Crippen molar-refractivity contribution < 1.29 is 4.74 Å². The highest BCUT2D eigenvalue weighted by Gasteiger charge is 2.44. The van der Waals surface area contributed by atoms with E-state index in [1.54, 1.807) is 19.4 Å². The van der Waals surface area contributed by atoms with Gasteiger partial charge in [-0.2, -0.15) is 0 Å². The van der Waals surface area contributed by atoms with Gasteiger partial charge in [0.25, 0.3) is 0 Å². The molecule has 2 aromatic heterocycles. The van der Waals surface area contributed by atoms with E-state index < -0.39 is 11.7 Å². The predicted molar refractivity (Wildman–Crippen MR) is 99.9 cm³/mol. The molecule has 0 saturated carbocycles. The van der Waals surface area contributed by atoms with Gasteiger partial charge in [-0.1, -0.05) is 11.6 Å². The highest BCUT2D eigenvalue weighted by Crippen LogP contribution is 2.39. The monoisotopic (exact) mass is 376 g/mol. The molecule has 7 nitrogen and oxygen atoms in total. The summed E-state index contributed by atoms with van der Waals surface area (Å²) in [5.41, 5.74) is 6.63. The summed E-state index contributed by atoms with van der Waals surface area (Å²) in [6.07, 6.45) is 4.35. The first-order valence-electron chi connectivity index (χ1n) is 7.44. The number of methoxy groups -OCH3 is 1. The Balaban J connectivity index is 2.26. The Kier molecular flexibility index (Phi) is 5.03. The number of hydrogen-bond donors (Lipinski definition) is 1. The molecule has 0 aliphatic carbocycles. The van der Waals surface area contributed by atoms with E-state index >= 15 is 0 Å². The lowest BCUT2D eigenvalue weighted by atomic mass is 9.84. The minimum atomic E-state index is -1.08. The number of hydrogen-bond acceptors (Lipinski definition) is 8. The van der Waals surface area contributed by atoms with Crippen LogP contribution in [0.1, 0.15) is 17.1 Å². The molecule has 0 saturated heterocycles. The zero-order valence-corrected chi connectivity index (χ0v) is 15.5. The third-order valence-electron chi connectivity index (χ3n) is 3.85. The van der Waals surface area contributed by atoms with Gasteiger partial charge in [0.15, 0.2) is 5.54 Å². The smallest absolute Gasteiger partial charge is 0.212 e. The van der Waals surface area contributed by atoms with Crippen LogP contribution in [0, 0.1) is 6.92 Å². The minimum absolute atomic E-state index is 0.250. The van der Waals surface area contributed by atoms with E-state index in [1.807, 2.05) is 25.3 Å². The molecule has 0 fully saturated rings. The standard InChI is InChI=1S/C16H17ClN6OS/c1-9-21-11(6-14(22-9)25-3)16(15(18)20-8-12(17)23-16)10-4-5-13(24-2)19-7-10/h4-8,15H,18H2,1-3H3. The first-order chi connectivity index (χ1) is 12.0. The van der Waals surface area contributed by atoms with Crippen LogP contribution in [0.4, 0.5) is 0 Å². The third kappa shape index (κ3) is 3.24. The van der Waals surface area contributed by atoms with Crippen LogP contribution in [0.5, 0.6) is 5.88 Å². The van der Waals surface area contributed by atoms with Crippen molar-refractivity contribution in [3.8, 4) is 5.88 Å². The summed E-state index contributed by atoms with van der Waals surface area (Å²) in [6, 6.07) is 5.45. The van der Waals surface area contributed by atoms with Gasteiger partial charge in [-0.05, 0) is 25.3 Å². The lowest BCUT2D eigenvalue weighted by Gasteiger charge is -2.35. The van der Waals surface area contributed by atoms with E-state index in [-0.39, 0.29) is 5.17 Å². The second-order valence-electron chi connectivity index (χ2n) is 5.36. The number of rotatable bonds is 4. The lowest BCUT2D eigenvalue weighted by Crippen LogP contribution is -2.47. The molecule has 0 spiro atoms. The second-order valence-corrected chi connectivity index (χ2v) is 6.57. The number of halogens is 1. The first kappa shape index (κ1) is 17.8. The Labute approximate surface area is 154 Å². The molecule has 25 heavy (non-hydrogen) atoms. The quantitative estimate of drug-likeness (QED) is 0.648. The fourth-order valence-electron chi connectivity index (χ4n) is 2.67. The van der Waals surface area contributed by atoms with Gasteiger partial charge in [0.05, 0.1) is 24.0 Å².